The van der Waals surface area contributed by atoms with Gasteiger partial charge < -0.3 is 0 Å². The molecule has 0 aliphatic rings. The summed E-state index contributed by atoms with van der Waals surface area (Å²) in [6.45, 7) is 6.34. The van der Waals surface area contributed by atoms with E-state index in [2.05, 4.69) is 46.3 Å². The van der Waals surface area contributed by atoms with Crippen LogP contribution in [0.2, 0.25) is 19.6 Å². The van der Waals surface area contributed by atoms with Crippen molar-refractivity contribution in [3.8, 4) is 11.5 Å². The molecule has 0 aromatic carbocycles. The summed E-state index contributed by atoms with van der Waals surface area (Å²) in [7, 11) is -1.47. The van der Waals surface area contributed by atoms with Crippen LogP contribution in [0, 0.1) is 16.4 Å². The second-order valence-electron chi connectivity index (χ2n) is 4.42. The number of carbonyl (C=O) groups excluding carboxylic acids is 1. The van der Waals surface area contributed by atoms with Crippen molar-refractivity contribution >= 4 is 14.0 Å². The minimum absolute atomic E-state index is 0.159. The molecule has 1 aromatic heterocycles. The van der Waals surface area contributed by atoms with E-state index in [0.29, 0.717) is 5.56 Å². The molecule has 0 amide bonds. The zero-order valence-corrected chi connectivity index (χ0v) is 10.9. The molecule has 0 fully saturated rings. The largest absolute Gasteiger partial charge is 0.370 e. The number of rotatable bonds is 2. The number of hydrogen-bond acceptors (Lipinski definition) is 5. The Morgan fingerprint density at radius 1 is 1.41 bits per heavy atom. The van der Waals surface area contributed by atoms with Crippen molar-refractivity contribution in [1.82, 2.24) is 4.98 Å². The SMILES string of the molecule is C[Si](C)(C)C#Cc1cncc(C(=O)ON=O)c1. The van der Waals surface area contributed by atoms with E-state index in [0.717, 1.165) is 0 Å². The van der Waals surface area contributed by atoms with Crippen molar-refractivity contribution in [3.63, 3.8) is 0 Å². The van der Waals surface area contributed by atoms with Crippen LogP contribution in [0.3, 0.4) is 0 Å². The molecule has 0 unspecified atom stereocenters. The van der Waals surface area contributed by atoms with Crippen LogP contribution in [-0.2, 0) is 4.84 Å². The maximum absolute atomic E-state index is 11.2. The van der Waals surface area contributed by atoms with Gasteiger partial charge in [-0.2, -0.15) is 0 Å². The van der Waals surface area contributed by atoms with Gasteiger partial charge in [-0.15, -0.1) is 10.5 Å². The lowest BCUT2D eigenvalue weighted by atomic mass is 10.2. The molecule has 1 rings (SSSR count). The second-order valence-corrected chi connectivity index (χ2v) is 9.17. The second kappa shape index (κ2) is 5.36. The fourth-order valence-corrected chi connectivity index (χ4v) is 1.49. The van der Waals surface area contributed by atoms with Crippen molar-refractivity contribution in [2.24, 2.45) is 5.34 Å². The van der Waals surface area contributed by atoms with E-state index >= 15 is 0 Å². The summed E-state index contributed by atoms with van der Waals surface area (Å²) in [6, 6.07) is 1.52. The maximum Gasteiger partial charge on any atom is 0.370 e. The average Bonchev–Trinajstić information content (AvgIpc) is 2.26. The van der Waals surface area contributed by atoms with Crippen LogP contribution >= 0.6 is 0 Å². The number of aromatic nitrogens is 1. The smallest absolute Gasteiger partial charge is 0.279 e. The molecule has 0 atom stereocenters. The first-order valence-corrected chi connectivity index (χ1v) is 8.44. The van der Waals surface area contributed by atoms with Crippen LogP contribution in [-0.4, -0.2) is 19.0 Å². The zero-order chi connectivity index (χ0) is 12.9. The molecule has 1 aromatic rings. The molecule has 5 nitrogen and oxygen atoms in total. The van der Waals surface area contributed by atoms with E-state index in [1.807, 2.05) is 0 Å². The minimum Gasteiger partial charge on any atom is -0.279 e. The first-order chi connectivity index (χ1) is 7.92. The fraction of sp³-hybridized carbons (Fsp3) is 0.273. The molecule has 1 heterocycles. The summed E-state index contributed by atoms with van der Waals surface area (Å²) in [4.78, 5) is 28.8. The van der Waals surface area contributed by atoms with Crippen LogP contribution in [0.4, 0.5) is 0 Å². The fourth-order valence-electron chi connectivity index (χ4n) is 0.966. The van der Waals surface area contributed by atoms with Gasteiger partial charge in [-0.05, 0) is 6.07 Å². The standard InChI is InChI=1S/C11H12N2O3Si/c1-17(2,3)5-4-9-6-10(8-12-7-9)11(14)16-13-15/h6-8H,1-3H3. The van der Waals surface area contributed by atoms with E-state index in [1.54, 1.807) is 6.20 Å². The van der Waals surface area contributed by atoms with Gasteiger partial charge in [0.1, 0.15) is 8.07 Å². The van der Waals surface area contributed by atoms with E-state index in [9.17, 15) is 9.70 Å². The highest BCUT2D eigenvalue weighted by atomic mass is 28.3. The van der Waals surface area contributed by atoms with E-state index < -0.39 is 14.0 Å². The highest BCUT2D eigenvalue weighted by Crippen LogP contribution is 2.05. The van der Waals surface area contributed by atoms with Gasteiger partial charge in [0.25, 0.3) is 0 Å². The molecular weight excluding hydrogens is 236 g/mol. The van der Waals surface area contributed by atoms with E-state index in [1.165, 1.54) is 12.3 Å². The molecule has 0 radical (unpaired) electrons. The zero-order valence-electron chi connectivity index (χ0n) is 9.85. The third-order valence-electron chi connectivity index (χ3n) is 1.68. The van der Waals surface area contributed by atoms with Crippen LogP contribution < -0.4 is 0 Å². The van der Waals surface area contributed by atoms with E-state index in [4.69, 9.17) is 0 Å². The Morgan fingerprint density at radius 3 is 2.71 bits per heavy atom. The van der Waals surface area contributed by atoms with Crippen LogP contribution in [0.15, 0.2) is 23.8 Å². The molecule has 0 aliphatic carbocycles. The minimum atomic E-state index is -1.47. The lowest BCUT2D eigenvalue weighted by Crippen LogP contribution is -2.16. The van der Waals surface area contributed by atoms with Crippen LogP contribution in [0.1, 0.15) is 15.9 Å². The van der Waals surface area contributed by atoms with Crippen molar-refractivity contribution in [3.05, 3.63) is 34.5 Å². The molecular formula is C11H12N2O3Si. The Morgan fingerprint density at radius 2 is 2.12 bits per heavy atom. The summed E-state index contributed by atoms with van der Waals surface area (Å²) in [6.07, 6.45) is 2.85. The lowest BCUT2D eigenvalue weighted by Gasteiger charge is -2.03. The molecule has 17 heavy (non-hydrogen) atoms. The Balaban J connectivity index is 2.96. The summed E-state index contributed by atoms with van der Waals surface area (Å²) in [5, 5.41) is 2.07. The maximum atomic E-state index is 11.2. The van der Waals surface area contributed by atoms with E-state index in [-0.39, 0.29) is 5.56 Å². The van der Waals surface area contributed by atoms with Gasteiger partial charge >= 0.3 is 5.97 Å². The topological polar surface area (TPSA) is 68.6 Å². The Hall–Kier alpha value is -2.00. The molecule has 0 aliphatic heterocycles. The molecule has 0 spiro atoms. The Bertz CT molecular complexity index is 497. The highest BCUT2D eigenvalue weighted by molar-refractivity contribution is 6.83. The molecule has 88 valence electrons. The van der Waals surface area contributed by atoms with Gasteiger partial charge in [0.15, 0.2) is 5.34 Å². The lowest BCUT2D eigenvalue weighted by molar-refractivity contribution is 0.0508. The third kappa shape index (κ3) is 4.57. The van der Waals surface area contributed by atoms with Crippen LogP contribution in [0.5, 0.6) is 0 Å². The summed E-state index contributed by atoms with van der Waals surface area (Å²) < 4.78 is 0. The van der Waals surface area contributed by atoms with Crippen molar-refractivity contribution in [2.75, 3.05) is 0 Å². The van der Waals surface area contributed by atoms with Crippen LogP contribution in [0.25, 0.3) is 0 Å². The first kappa shape index (κ1) is 13.1. The van der Waals surface area contributed by atoms with Crippen molar-refractivity contribution in [1.29, 1.82) is 0 Å². The molecule has 0 N–H and O–H groups in total. The normalized spacial score (nSPS) is 10.1. The van der Waals surface area contributed by atoms with Gasteiger partial charge in [-0.25, -0.2) is 4.79 Å². The number of pyridine rings is 1. The predicted octanol–water partition coefficient (Wildman–Crippen LogP) is 2.15. The van der Waals surface area contributed by atoms with Gasteiger partial charge in [0, 0.05) is 18.0 Å². The van der Waals surface area contributed by atoms with Gasteiger partial charge in [0.2, 0.25) is 0 Å². The van der Waals surface area contributed by atoms with Gasteiger partial charge in [0.05, 0.1) is 5.56 Å². The molecule has 0 saturated carbocycles. The predicted molar refractivity (Wildman–Crippen MR) is 65.7 cm³/mol. The quantitative estimate of drug-likeness (QED) is 0.348. The first-order valence-electron chi connectivity index (χ1n) is 4.94. The summed E-state index contributed by atoms with van der Waals surface area (Å²) in [5.41, 5.74) is 3.93. The molecule has 0 bridgehead atoms. The molecule has 6 heteroatoms. The Kier molecular flexibility index (Phi) is 4.12. The number of hydrogen-bond donors (Lipinski definition) is 0. The monoisotopic (exact) mass is 248 g/mol. The van der Waals surface area contributed by atoms with Gasteiger partial charge in [-0.1, -0.05) is 25.6 Å². The average molecular weight is 248 g/mol. The third-order valence-corrected chi connectivity index (χ3v) is 2.55. The summed E-state index contributed by atoms with van der Waals surface area (Å²) in [5.74, 6) is 2.13. The summed E-state index contributed by atoms with van der Waals surface area (Å²) >= 11 is 0. The number of carbonyl (C=O) groups is 1. The van der Waals surface area contributed by atoms with Crippen molar-refractivity contribution in [2.45, 2.75) is 19.6 Å². The van der Waals surface area contributed by atoms with Crippen molar-refractivity contribution < 1.29 is 9.63 Å². The number of nitrogens with zero attached hydrogens (tertiary/aromatic N) is 2. The molecule has 0 saturated heterocycles. The van der Waals surface area contributed by atoms with Gasteiger partial charge in [-0.3, -0.25) is 9.82 Å². The highest BCUT2D eigenvalue weighted by Gasteiger charge is 2.10. The Labute approximate surface area is 100 Å².